The quantitative estimate of drug-likeness (QED) is 0.320. The average molecular weight is 514 g/mol. The van der Waals surface area contributed by atoms with Gasteiger partial charge in [-0.25, -0.2) is 9.69 Å². The predicted octanol–water partition coefficient (Wildman–Crippen LogP) is 3.11. The summed E-state index contributed by atoms with van der Waals surface area (Å²) in [6.45, 7) is 1.55. The van der Waals surface area contributed by atoms with Crippen molar-refractivity contribution < 1.29 is 33.9 Å². The smallest absolute Gasteiger partial charge is 0.363 e. The van der Waals surface area contributed by atoms with Crippen LogP contribution in [-0.4, -0.2) is 65.0 Å². The molecule has 3 heterocycles. The lowest BCUT2D eigenvalue weighted by Gasteiger charge is -2.41. The molecule has 2 aliphatic rings. The molecule has 0 spiro atoms. The van der Waals surface area contributed by atoms with E-state index in [4.69, 9.17) is 4.84 Å². The van der Waals surface area contributed by atoms with Crippen LogP contribution >= 0.6 is 0 Å². The summed E-state index contributed by atoms with van der Waals surface area (Å²) in [5.41, 5.74) is 3.39. The molecule has 192 valence electrons. The maximum atomic E-state index is 13.8. The molecule has 3 aromatic carbocycles. The number of hydrogen-bond donors (Lipinski definition) is 2. The number of rotatable bonds is 3. The fourth-order valence-corrected chi connectivity index (χ4v) is 5.55. The van der Waals surface area contributed by atoms with Gasteiger partial charge in [-0.2, -0.15) is 0 Å². The van der Waals surface area contributed by atoms with Crippen LogP contribution in [0.25, 0.3) is 10.8 Å². The van der Waals surface area contributed by atoms with Gasteiger partial charge in [0.1, 0.15) is 6.54 Å². The lowest BCUT2D eigenvalue weighted by atomic mass is 9.89. The first-order chi connectivity index (χ1) is 18.1. The number of carbonyl (C=O) groups is 3. The summed E-state index contributed by atoms with van der Waals surface area (Å²) in [6, 6.07) is 15.6. The molecule has 1 aromatic heterocycles. The van der Waals surface area contributed by atoms with E-state index in [1.165, 1.54) is 36.4 Å². The summed E-state index contributed by atoms with van der Waals surface area (Å²) >= 11 is 0. The molecule has 0 atom stereocenters. The number of hydrogen-bond acceptors (Lipinski definition) is 7. The lowest BCUT2D eigenvalue weighted by Crippen LogP contribution is -2.50. The number of nitrogens with zero attached hydrogens (tertiary/aromatic N) is 4. The molecule has 6 rings (SSSR count). The van der Waals surface area contributed by atoms with Gasteiger partial charge in [-0.1, -0.05) is 12.1 Å². The van der Waals surface area contributed by atoms with E-state index in [-0.39, 0.29) is 5.56 Å². The zero-order valence-electron chi connectivity index (χ0n) is 21.0. The summed E-state index contributed by atoms with van der Waals surface area (Å²) in [4.78, 5) is 48.2. The van der Waals surface area contributed by atoms with E-state index in [1.807, 2.05) is 25.2 Å². The molecule has 2 N–H and O–H groups in total. The molecule has 0 radical (unpaired) electrons. The first-order valence-corrected chi connectivity index (χ1v) is 12.0. The average Bonchev–Trinajstić information content (AvgIpc) is 3.18. The minimum absolute atomic E-state index is 0.0952. The van der Waals surface area contributed by atoms with Crippen LogP contribution in [0.3, 0.4) is 0 Å². The molecule has 0 saturated carbocycles. The fourth-order valence-electron chi connectivity index (χ4n) is 5.55. The van der Waals surface area contributed by atoms with Crippen LogP contribution in [0.5, 0.6) is 11.8 Å². The highest BCUT2D eigenvalue weighted by Gasteiger charge is 2.38. The van der Waals surface area contributed by atoms with Gasteiger partial charge in [-0.3, -0.25) is 9.59 Å². The van der Waals surface area contributed by atoms with Crippen molar-refractivity contribution in [1.29, 1.82) is 0 Å². The van der Waals surface area contributed by atoms with Crippen molar-refractivity contribution in [3.05, 3.63) is 82.9 Å². The highest BCUT2D eigenvalue weighted by atomic mass is 16.7. The number of aromatic nitrogens is 1. The van der Waals surface area contributed by atoms with Crippen LogP contribution in [-0.2, 0) is 6.54 Å². The molecule has 0 saturated heterocycles. The monoisotopic (exact) mass is 513 g/mol. The molecule has 0 fully saturated rings. The Morgan fingerprint density at radius 2 is 1.58 bits per heavy atom. The van der Waals surface area contributed by atoms with E-state index in [0.29, 0.717) is 26.9 Å². The van der Waals surface area contributed by atoms with Crippen LogP contribution in [0.2, 0.25) is 0 Å². The second kappa shape index (κ2) is 8.09. The summed E-state index contributed by atoms with van der Waals surface area (Å²) < 4.78 is 1.32. The van der Waals surface area contributed by atoms with Gasteiger partial charge in [0.05, 0.1) is 31.0 Å². The van der Waals surface area contributed by atoms with Crippen molar-refractivity contribution >= 4 is 39.9 Å². The molecule has 10 nitrogen and oxygen atoms in total. The number of quaternary nitrogens is 1. The molecule has 10 heteroatoms. The van der Waals surface area contributed by atoms with Crippen LogP contribution in [0, 0.1) is 0 Å². The Morgan fingerprint density at radius 3 is 2.26 bits per heavy atom. The van der Waals surface area contributed by atoms with E-state index in [2.05, 4.69) is 19.0 Å². The van der Waals surface area contributed by atoms with Gasteiger partial charge in [0.25, 0.3) is 11.8 Å². The van der Waals surface area contributed by atoms with Gasteiger partial charge in [0, 0.05) is 46.6 Å². The van der Waals surface area contributed by atoms with Crippen LogP contribution in [0.1, 0.15) is 36.6 Å². The zero-order chi connectivity index (χ0) is 26.9. The number of aromatic hydroxyl groups is 2. The fraction of sp³-hybridized carbons (Fsp3) is 0.179. The summed E-state index contributed by atoms with van der Waals surface area (Å²) in [5, 5.41) is 20.9. The third-order valence-electron chi connectivity index (χ3n) is 6.99. The molecule has 0 aliphatic carbocycles. The zero-order valence-corrected chi connectivity index (χ0v) is 21.0. The van der Waals surface area contributed by atoms with Gasteiger partial charge >= 0.3 is 5.97 Å². The topological polar surface area (TPSA) is 112 Å². The van der Waals surface area contributed by atoms with Gasteiger partial charge < -0.3 is 24.4 Å². The minimum atomic E-state index is -0.846. The predicted molar refractivity (Wildman–Crippen MR) is 139 cm³/mol. The number of amides is 2. The third-order valence-corrected chi connectivity index (χ3v) is 6.99. The third kappa shape index (κ3) is 3.49. The second-order valence-electron chi connectivity index (χ2n) is 10.3. The normalized spacial score (nSPS) is 16.1. The van der Waals surface area contributed by atoms with E-state index in [1.54, 1.807) is 6.07 Å². The Balaban J connectivity index is 1.38. The Bertz CT molecular complexity index is 1650. The molecular weight excluding hydrogens is 488 g/mol. The van der Waals surface area contributed by atoms with Crippen LogP contribution in [0.15, 0.2) is 60.7 Å². The first kappa shape index (κ1) is 23.6. The van der Waals surface area contributed by atoms with E-state index in [0.717, 1.165) is 39.2 Å². The van der Waals surface area contributed by atoms with Crippen LogP contribution < -0.4 is 14.6 Å². The largest absolute Gasteiger partial charge is 0.492 e. The maximum Gasteiger partial charge on any atom is 0.363 e. The van der Waals surface area contributed by atoms with Gasteiger partial charge in [-0.05, 0) is 36.4 Å². The second-order valence-corrected chi connectivity index (χ2v) is 10.3. The highest BCUT2D eigenvalue weighted by molar-refractivity contribution is 6.36. The first-order valence-electron chi connectivity index (χ1n) is 12.0. The molecule has 2 amide bonds. The SMILES string of the molecule is CN1C[N+](C)(C)Cc2cc3c4c(cccc4c21)C(=O)N(c1ccc(C(=O)On2c(O)ccc2O)cc1)C3=O. The number of carbonyl (C=O) groups excluding carboxylic acids is 3. The summed E-state index contributed by atoms with van der Waals surface area (Å²) in [7, 11) is 6.29. The Labute approximate surface area is 217 Å². The van der Waals surface area contributed by atoms with Gasteiger partial charge in [0.2, 0.25) is 11.8 Å². The van der Waals surface area contributed by atoms with Crippen molar-refractivity contribution in [2.75, 3.05) is 37.6 Å². The van der Waals surface area contributed by atoms with Gasteiger partial charge in [-0.15, -0.1) is 4.73 Å². The Kier molecular flexibility index (Phi) is 5.01. The molecule has 38 heavy (non-hydrogen) atoms. The molecule has 0 unspecified atom stereocenters. The molecule has 2 aliphatic heterocycles. The standard InChI is InChI=1S/C28H24N4O6/c1-29-15-32(2,3)14-17-13-21-24-19(25(17)29)5-4-6-20(24)26(35)30(27(21)36)18-9-7-16(8-10-18)28(37)38-31-22(33)11-12-23(31)34/h4-13H,14-15H2,1-3H3,(H-,33,34)/p+1. The van der Waals surface area contributed by atoms with Crippen molar-refractivity contribution in [3.8, 4) is 11.8 Å². The molecular formula is C28H25N4O6+. The van der Waals surface area contributed by atoms with Crippen molar-refractivity contribution in [2.45, 2.75) is 6.54 Å². The highest BCUT2D eigenvalue weighted by Crippen LogP contribution is 2.42. The number of benzene rings is 3. The number of imide groups is 1. The van der Waals surface area contributed by atoms with E-state index < -0.39 is 29.5 Å². The number of anilines is 2. The van der Waals surface area contributed by atoms with Crippen molar-refractivity contribution in [3.63, 3.8) is 0 Å². The number of fused-ring (bicyclic) bond motifs is 2. The van der Waals surface area contributed by atoms with E-state index in [9.17, 15) is 24.6 Å². The molecule has 0 bridgehead atoms. The minimum Gasteiger partial charge on any atom is -0.492 e. The summed E-state index contributed by atoms with van der Waals surface area (Å²) in [6.07, 6.45) is 0. The Hall–Kier alpha value is -4.83. The Morgan fingerprint density at radius 1 is 0.921 bits per heavy atom. The van der Waals surface area contributed by atoms with Crippen molar-refractivity contribution in [2.24, 2.45) is 0 Å². The van der Waals surface area contributed by atoms with Crippen LogP contribution in [0.4, 0.5) is 11.4 Å². The van der Waals surface area contributed by atoms with Gasteiger partial charge in [0.15, 0.2) is 6.67 Å². The van der Waals surface area contributed by atoms with Crippen molar-refractivity contribution in [1.82, 2.24) is 4.73 Å². The summed E-state index contributed by atoms with van der Waals surface area (Å²) in [5.74, 6) is -2.61. The van der Waals surface area contributed by atoms with E-state index >= 15 is 0 Å². The lowest BCUT2D eigenvalue weighted by molar-refractivity contribution is -0.904. The molecule has 4 aromatic rings. The maximum absolute atomic E-state index is 13.8.